The normalized spacial score (nSPS) is 14.2. The molecule has 3 rings (SSSR count). The van der Waals surface area contributed by atoms with Crippen LogP contribution in [0.4, 0.5) is 5.69 Å². The SMILES string of the molecule is O=C(c1ccc(Cl)c([N+](=O)[O-])c1)N1CC(Oc2ccc(Cl)cn2)C1. The van der Waals surface area contributed by atoms with Crippen LogP contribution in [0.3, 0.4) is 0 Å². The number of hydrogen-bond acceptors (Lipinski definition) is 5. The molecule has 0 radical (unpaired) electrons. The maximum Gasteiger partial charge on any atom is 0.288 e. The molecule has 0 bridgehead atoms. The number of amides is 1. The molecular formula is C15H11Cl2N3O4. The van der Waals surface area contributed by atoms with Crippen LogP contribution in [0.5, 0.6) is 5.88 Å². The van der Waals surface area contributed by atoms with E-state index in [1.54, 1.807) is 12.1 Å². The van der Waals surface area contributed by atoms with Crippen LogP contribution >= 0.6 is 23.2 Å². The predicted octanol–water partition coefficient (Wildman–Crippen LogP) is 3.20. The van der Waals surface area contributed by atoms with Crippen LogP contribution in [0, 0.1) is 10.1 Å². The van der Waals surface area contributed by atoms with Crippen molar-refractivity contribution in [3.05, 3.63) is 62.3 Å². The predicted molar refractivity (Wildman–Crippen MR) is 87.7 cm³/mol. The molecule has 7 nitrogen and oxygen atoms in total. The third-order valence-electron chi connectivity index (χ3n) is 3.51. The summed E-state index contributed by atoms with van der Waals surface area (Å²) in [6.45, 7) is 0.749. The molecule has 1 aromatic heterocycles. The summed E-state index contributed by atoms with van der Waals surface area (Å²) in [4.78, 5) is 28.2. The number of nitro groups is 1. The first kappa shape index (κ1) is 16.5. The van der Waals surface area contributed by atoms with E-state index < -0.39 is 4.92 Å². The van der Waals surface area contributed by atoms with Crippen molar-refractivity contribution in [1.29, 1.82) is 0 Å². The van der Waals surface area contributed by atoms with E-state index in [1.807, 2.05) is 0 Å². The monoisotopic (exact) mass is 367 g/mol. The first-order valence-electron chi connectivity index (χ1n) is 6.95. The largest absolute Gasteiger partial charge is 0.471 e. The Labute approximate surface area is 146 Å². The molecule has 0 spiro atoms. The zero-order chi connectivity index (χ0) is 17.3. The van der Waals surface area contributed by atoms with Crippen LogP contribution in [-0.4, -0.2) is 39.9 Å². The zero-order valence-corrected chi connectivity index (χ0v) is 13.7. The molecule has 124 valence electrons. The Morgan fingerprint density at radius 1 is 1.29 bits per heavy atom. The van der Waals surface area contributed by atoms with Crippen molar-refractivity contribution in [3.63, 3.8) is 0 Å². The Bertz CT molecular complexity index is 792. The summed E-state index contributed by atoms with van der Waals surface area (Å²) in [5.41, 5.74) is -0.0737. The maximum atomic E-state index is 12.3. The molecule has 1 amide bonds. The number of halogens is 2. The van der Waals surface area contributed by atoms with Gasteiger partial charge in [0.25, 0.3) is 11.6 Å². The second-order valence-electron chi connectivity index (χ2n) is 5.19. The second kappa shape index (κ2) is 6.62. The highest BCUT2D eigenvalue weighted by Crippen LogP contribution is 2.27. The highest BCUT2D eigenvalue weighted by molar-refractivity contribution is 6.32. The lowest BCUT2D eigenvalue weighted by atomic mass is 10.1. The van der Waals surface area contributed by atoms with E-state index in [4.69, 9.17) is 27.9 Å². The number of hydrogen-bond donors (Lipinski definition) is 0. The van der Waals surface area contributed by atoms with Crippen molar-refractivity contribution in [1.82, 2.24) is 9.88 Å². The number of benzene rings is 1. The number of nitrogens with zero attached hydrogens (tertiary/aromatic N) is 3. The molecule has 0 aliphatic carbocycles. The fourth-order valence-corrected chi connectivity index (χ4v) is 2.55. The minimum Gasteiger partial charge on any atom is -0.471 e. The van der Waals surface area contributed by atoms with Gasteiger partial charge < -0.3 is 9.64 Å². The fraction of sp³-hybridized carbons (Fsp3) is 0.200. The Morgan fingerprint density at radius 2 is 2.04 bits per heavy atom. The minimum absolute atomic E-state index is 0.00446. The molecule has 0 saturated carbocycles. The molecule has 1 aromatic carbocycles. The number of aromatic nitrogens is 1. The first-order valence-corrected chi connectivity index (χ1v) is 7.71. The van der Waals surface area contributed by atoms with Gasteiger partial charge >= 0.3 is 0 Å². The minimum atomic E-state index is -0.618. The smallest absolute Gasteiger partial charge is 0.288 e. The van der Waals surface area contributed by atoms with Gasteiger partial charge in [0.1, 0.15) is 11.1 Å². The van der Waals surface area contributed by atoms with Crippen molar-refractivity contribution < 1.29 is 14.5 Å². The lowest BCUT2D eigenvalue weighted by Gasteiger charge is -2.38. The Morgan fingerprint density at radius 3 is 2.67 bits per heavy atom. The van der Waals surface area contributed by atoms with E-state index >= 15 is 0 Å². The molecule has 0 atom stereocenters. The molecule has 0 N–H and O–H groups in total. The average Bonchev–Trinajstić information content (AvgIpc) is 2.52. The van der Waals surface area contributed by atoms with E-state index in [2.05, 4.69) is 4.98 Å². The molecule has 2 aromatic rings. The Hall–Kier alpha value is -2.38. The number of carbonyl (C=O) groups excluding carboxylic acids is 1. The highest BCUT2D eigenvalue weighted by Gasteiger charge is 2.33. The van der Waals surface area contributed by atoms with Crippen LogP contribution in [-0.2, 0) is 0 Å². The summed E-state index contributed by atoms with van der Waals surface area (Å²) in [5.74, 6) is 0.123. The van der Waals surface area contributed by atoms with Gasteiger partial charge in [-0.2, -0.15) is 0 Å². The maximum absolute atomic E-state index is 12.3. The lowest BCUT2D eigenvalue weighted by Crippen LogP contribution is -2.56. The van der Waals surface area contributed by atoms with Crippen molar-refractivity contribution in [2.45, 2.75) is 6.10 Å². The summed E-state index contributed by atoms with van der Waals surface area (Å²) < 4.78 is 5.61. The van der Waals surface area contributed by atoms with E-state index in [0.29, 0.717) is 24.0 Å². The summed E-state index contributed by atoms with van der Waals surface area (Å²) in [6.07, 6.45) is 1.30. The average molecular weight is 368 g/mol. The van der Waals surface area contributed by atoms with Crippen molar-refractivity contribution in [2.24, 2.45) is 0 Å². The first-order chi connectivity index (χ1) is 11.4. The Kier molecular flexibility index (Phi) is 4.55. The van der Waals surface area contributed by atoms with E-state index in [9.17, 15) is 14.9 Å². The van der Waals surface area contributed by atoms with Crippen LogP contribution < -0.4 is 4.74 Å². The van der Waals surface area contributed by atoms with Gasteiger partial charge in [0, 0.05) is 23.9 Å². The third kappa shape index (κ3) is 3.42. The van der Waals surface area contributed by atoms with Crippen molar-refractivity contribution >= 4 is 34.8 Å². The van der Waals surface area contributed by atoms with Gasteiger partial charge in [-0.05, 0) is 18.2 Å². The van der Waals surface area contributed by atoms with Gasteiger partial charge in [-0.1, -0.05) is 23.2 Å². The van der Waals surface area contributed by atoms with Gasteiger partial charge in [0.05, 0.1) is 23.0 Å². The fourth-order valence-electron chi connectivity index (χ4n) is 2.25. The molecule has 1 aliphatic heterocycles. The van der Waals surface area contributed by atoms with E-state index in [-0.39, 0.29) is 28.3 Å². The van der Waals surface area contributed by atoms with Crippen LogP contribution in [0.25, 0.3) is 0 Å². The topological polar surface area (TPSA) is 85.6 Å². The molecule has 9 heteroatoms. The summed E-state index contributed by atoms with van der Waals surface area (Å²) in [6, 6.07) is 7.30. The van der Waals surface area contributed by atoms with Gasteiger partial charge in [-0.25, -0.2) is 4.98 Å². The lowest BCUT2D eigenvalue weighted by molar-refractivity contribution is -0.384. The number of carbonyl (C=O) groups is 1. The summed E-state index contributed by atoms with van der Waals surface area (Å²) in [5, 5.41) is 11.4. The summed E-state index contributed by atoms with van der Waals surface area (Å²) in [7, 11) is 0. The van der Waals surface area contributed by atoms with Gasteiger partial charge in [-0.15, -0.1) is 0 Å². The molecular weight excluding hydrogens is 357 g/mol. The third-order valence-corrected chi connectivity index (χ3v) is 4.06. The standard InChI is InChI=1S/C15H11Cl2N3O4/c16-10-2-4-14(18-6-10)24-11-7-19(8-11)15(21)9-1-3-12(17)13(5-9)20(22)23/h1-6,11H,7-8H2. The number of nitro benzene ring substituents is 1. The number of pyridine rings is 1. The van der Waals surface area contributed by atoms with Gasteiger partial charge in [-0.3, -0.25) is 14.9 Å². The molecule has 1 aliphatic rings. The van der Waals surface area contributed by atoms with Gasteiger partial charge in [0.2, 0.25) is 5.88 Å². The zero-order valence-electron chi connectivity index (χ0n) is 12.2. The number of likely N-dealkylation sites (tertiary alicyclic amines) is 1. The molecule has 1 saturated heterocycles. The number of rotatable bonds is 4. The quantitative estimate of drug-likeness (QED) is 0.611. The molecule has 24 heavy (non-hydrogen) atoms. The van der Waals surface area contributed by atoms with Crippen LogP contribution in [0.2, 0.25) is 10.0 Å². The van der Waals surface area contributed by atoms with Crippen LogP contribution in [0.1, 0.15) is 10.4 Å². The van der Waals surface area contributed by atoms with E-state index in [0.717, 1.165) is 0 Å². The van der Waals surface area contributed by atoms with Crippen molar-refractivity contribution in [2.75, 3.05) is 13.1 Å². The molecule has 2 heterocycles. The number of ether oxygens (including phenoxy) is 1. The Balaban J connectivity index is 1.61. The summed E-state index contributed by atoms with van der Waals surface area (Å²) >= 11 is 11.5. The molecule has 0 unspecified atom stereocenters. The van der Waals surface area contributed by atoms with E-state index in [1.165, 1.54) is 29.3 Å². The highest BCUT2D eigenvalue weighted by atomic mass is 35.5. The van der Waals surface area contributed by atoms with Crippen LogP contribution in [0.15, 0.2) is 36.5 Å². The van der Waals surface area contributed by atoms with Crippen molar-refractivity contribution in [3.8, 4) is 5.88 Å². The molecule has 1 fully saturated rings. The second-order valence-corrected chi connectivity index (χ2v) is 6.03. The van der Waals surface area contributed by atoms with Gasteiger partial charge in [0.15, 0.2) is 0 Å².